The van der Waals surface area contributed by atoms with Gasteiger partial charge in [-0.05, 0) is 24.3 Å². The first-order valence-electron chi connectivity index (χ1n) is 9.27. The number of fused-ring (bicyclic) bond motifs is 1. The van der Waals surface area contributed by atoms with Crippen LogP contribution >= 0.6 is 0 Å². The van der Waals surface area contributed by atoms with Crippen LogP contribution in [0.5, 0.6) is 0 Å². The molecule has 1 aromatic heterocycles. The molecule has 0 aliphatic carbocycles. The molecule has 0 radical (unpaired) electrons. The molecule has 1 aliphatic rings. The number of para-hydroxylation sites is 2. The predicted molar refractivity (Wildman–Crippen MR) is 107 cm³/mol. The molecule has 0 bridgehead atoms. The number of carbonyl (C=O) groups is 2. The van der Waals surface area contributed by atoms with Crippen molar-refractivity contribution in [3.05, 3.63) is 48.5 Å². The van der Waals surface area contributed by atoms with Gasteiger partial charge < -0.3 is 19.9 Å². The third-order valence-corrected chi connectivity index (χ3v) is 4.94. The van der Waals surface area contributed by atoms with E-state index >= 15 is 0 Å². The molecule has 144 valence electrons. The Morgan fingerprint density at radius 1 is 1.29 bits per heavy atom. The molecule has 0 spiro atoms. The highest BCUT2D eigenvalue weighted by molar-refractivity contribution is 5.97. The molecular weight excluding hydrogens is 356 g/mol. The van der Waals surface area contributed by atoms with Crippen LogP contribution in [0.15, 0.2) is 48.5 Å². The maximum Gasteiger partial charge on any atom is 0.229 e. The third kappa shape index (κ3) is 3.75. The number of ether oxygens (including phenoxy) is 1. The van der Waals surface area contributed by atoms with Crippen LogP contribution in [0.1, 0.15) is 6.42 Å². The fourth-order valence-electron chi connectivity index (χ4n) is 3.44. The average Bonchev–Trinajstić information content (AvgIpc) is 3.30. The number of aromatic nitrogens is 2. The second-order valence-corrected chi connectivity index (χ2v) is 6.91. The lowest BCUT2D eigenvalue weighted by molar-refractivity contribution is -0.128. The third-order valence-electron chi connectivity index (χ3n) is 4.94. The summed E-state index contributed by atoms with van der Waals surface area (Å²) in [6.07, 6.45) is 0.235. The second kappa shape index (κ2) is 7.82. The summed E-state index contributed by atoms with van der Waals surface area (Å²) in [4.78, 5) is 34.2. The summed E-state index contributed by atoms with van der Waals surface area (Å²) in [5, 5.41) is 2.93. The summed E-state index contributed by atoms with van der Waals surface area (Å²) in [6, 6.07) is 15.4. The standard InChI is InChI=1S/C21H22N4O3/c1-28-10-9-25-13-15(12-19(25)26)21(27)22-16-6-4-5-14(11-16)20-23-17-7-2-3-8-18(17)24-20/h2-8,11,15H,9-10,12-13H2,1H3,(H,22,27)(H,23,24). The van der Waals surface area contributed by atoms with Crippen LogP contribution in [0.3, 0.4) is 0 Å². The highest BCUT2D eigenvalue weighted by Crippen LogP contribution is 2.24. The summed E-state index contributed by atoms with van der Waals surface area (Å²) >= 11 is 0. The fourth-order valence-corrected chi connectivity index (χ4v) is 3.44. The van der Waals surface area contributed by atoms with Crippen LogP contribution < -0.4 is 5.32 Å². The van der Waals surface area contributed by atoms with Crippen molar-refractivity contribution in [1.29, 1.82) is 0 Å². The van der Waals surface area contributed by atoms with E-state index in [-0.39, 0.29) is 24.2 Å². The molecule has 1 saturated heterocycles. The first-order chi connectivity index (χ1) is 13.6. The number of aromatic amines is 1. The molecule has 1 fully saturated rings. The van der Waals surface area contributed by atoms with Gasteiger partial charge in [0.1, 0.15) is 5.82 Å². The Hall–Kier alpha value is -3.19. The summed E-state index contributed by atoms with van der Waals surface area (Å²) in [6.45, 7) is 1.41. The first kappa shape index (κ1) is 18.2. The molecule has 7 nitrogen and oxygen atoms in total. The quantitative estimate of drug-likeness (QED) is 0.690. The van der Waals surface area contributed by atoms with Crippen molar-refractivity contribution in [1.82, 2.24) is 14.9 Å². The van der Waals surface area contributed by atoms with Crippen LogP contribution in [-0.2, 0) is 14.3 Å². The Morgan fingerprint density at radius 3 is 2.96 bits per heavy atom. The smallest absolute Gasteiger partial charge is 0.229 e. The molecule has 28 heavy (non-hydrogen) atoms. The van der Waals surface area contributed by atoms with Gasteiger partial charge in [-0.15, -0.1) is 0 Å². The Labute approximate surface area is 162 Å². The van der Waals surface area contributed by atoms with Crippen LogP contribution in [0, 0.1) is 5.92 Å². The van der Waals surface area contributed by atoms with Crippen molar-refractivity contribution < 1.29 is 14.3 Å². The number of anilines is 1. The second-order valence-electron chi connectivity index (χ2n) is 6.91. The lowest BCUT2D eigenvalue weighted by Crippen LogP contribution is -2.30. The summed E-state index contributed by atoms with van der Waals surface area (Å²) in [5.41, 5.74) is 3.43. The minimum atomic E-state index is -0.348. The Balaban J connectivity index is 1.46. The van der Waals surface area contributed by atoms with Gasteiger partial charge in [-0.25, -0.2) is 4.98 Å². The number of hydrogen-bond donors (Lipinski definition) is 2. The molecule has 0 saturated carbocycles. The van der Waals surface area contributed by atoms with E-state index in [1.807, 2.05) is 48.5 Å². The Morgan fingerprint density at radius 2 is 2.14 bits per heavy atom. The number of nitrogens with one attached hydrogen (secondary N) is 2. The fraction of sp³-hybridized carbons (Fsp3) is 0.286. The molecule has 2 amide bonds. The van der Waals surface area contributed by atoms with Crippen LogP contribution in [0.25, 0.3) is 22.4 Å². The minimum Gasteiger partial charge on any atom is -0.383 e. The number of imidazole rings is 1. The van der Waals surface area contributed by atoms with Crippen LogP contribution in [0.2, 0.25) is 0 Å². The molecular formula is C21H22N4O3. The number of methoxy groups -OCH3 is 1. The van der Waals surface area contributed by atoms with Gasteiger partial charge in [-0.3, -0.25) is 9.59 Å². The zero-order chi connectivity index (χ0) is 19.5. The van der Waals surface area contributed by atoms with Crippen LogP contribution in [0.4, 0.5) is 5.69 Å². The van der Waals surface area contributed by atoms with Gasteiger partial charge in [0.25, 0.3) is 0 Å². The zero-order valence-electron chi connectivity index (χ0n) is 15.6. The topological polar surface area (TPSA) is 87.3 Å². The minimum absolute atomic E-state index is 0.00627. The lowest BCUT2D eigenvalue weighted by Gasteiger charge is -2.16. The highest BCUT2D eigenvalue weighted by atomic mass is 16.5. The maximum atomic E-state index is 12.6. The maximum absolute atomic E-state index is 12.6. The van der Waals surface area contributed by atoms with Gasteiger partial charge in [-0.1, -0.05) is 24.3 Å². The number of nitrogens with zero attached hydrogens (tertiary/aromatic N) is 2. The highest BCUT2D eigenvalue weighted by Gasteiger charge is 2.34. The zero-order valence-corrected chi connectivity index (χ0v) is 15.6. The summed E-state index contributed by atoms with van der Waals surface area (Å²) in [5.74, 6) is 0.251. The Kier molecular flexibility index (Phi) is 5.08. The van der Waals surface area contributed by atoms with Gasteiger partial charge in [-0.2, -0.15) is 0 Å². The van der Waals surface area contributed by atoms with E-state index in [0.29, 0.717) is 25.4 Å². The van der Waals surface area contributed by atoms with E-state index in [0.717, 1.165) is 22.4 Å². The van der Waals surface area contributed by atoms with E-state index in [1.165, 1.54) is 0 Å². The molecule has 7 heteroatoms. The largest absolute Gasteiger partial charge is 0.383 e. The molecule has 4 rings (SSSR count). The number of benzene rings is 2. The van der Waals surface area contributed by atoms with E-state index in [4.69, 9.17) is 4.74 Å². The van der Waals surface area contributed by atoms with Gasteiger partial charge in [0, 0.05) is 37.9 Å². The van der Waals surface area contributed by atoms with Crippen LogP contribution in [-0.4, -0.2) is 53.5 Å². The molecule has 2 N–H and O–H groups in total. The molecule has 3 aromatic rings. The number of carbonyl (C=O) groups excluding carboxylic acids is 2. The average molecular weight is 378 g/mol. The number of likely N-dealkylation sites (tertiary alicyclic amines) is 1. The lowest BCUT2D eigenvalue weighted by atomic mass is 10.1. The molecule has 1 unspecified atom stereocenters. The van der Waals surface area contributed by atoms with Gasteiger partial charge in [0.2, 0.25) is 11.8 Å². The van der Waals surface area contributed by atoms with Crippen molar-refractivity contribution in [2.24, 2.45) is 5.92 Å². The van der Waals surface area contributed by atoms with Crippen molar-refractivity contribution in [2.45, 2.75) is 6.42 Å². The summed E-state index contributed by atoms with van der Waals surface area (Å²) in [7, 11) is 1.60. The van der Waals surface area contributed by atoms with Crippen molar-refractivity contribution in [3.8, 4) is 11.4 Å². The van der Waals surface area contributed by atoms with Crippen molar-refractivity contribution in [2.75, 3.05) is 32.1 Å². The van der Waals surface area contributed by atoms with Gasteiger partial charge >= 0.3 is 0 Å². The molecule has 1 aliphatic heterocycles. The first-order valence-corrected chi connectivity index (χ1v) is 9.27. The number of hydrogen-bond acceptors (Lipinski definition) is 4. The molecule has 2 heterocycles. The molecule has 2 aromatic carbocycles. The van der Waals surface area contributed by atoms with E-state index < -0.39 is 0 Å². The van der Waals surface area contributed by atoms with Crippen molar-refractivity contribution in [3.63, 3.8) is 0 Å². The van der Waals surface area contributed by atoms with E-state index in [2.05, 4.69) is 15.3 Å². The molecule has 1 atom stereocenters. The monoisotopic (exact) mass is 378 g/mol. The SMILES string of the molecule is COCCN1CC(C(=O)Nc2cccc(-c3nc4ccccc4[nH]3)c2)CC1=O. The number of rotatable bonds is 6. The summed E-state index contributed by atoms with van der Waals surface area (Å²) < 4.78 is 5.02. The van der Waals surface area contributed by atoms with E-state index in [9.17, 15) is 9.59 Å². The normalized spacial score (nSPS) is 16.7. The van der Waals surface area contributed by atoms with E-state index in [1.54, 1.807) is 12.0 Å². The Bertz CT molecular complexity index is 981. The predicted octanol–water partition coefficient (Wildman–Crippen LogP) is 2.66. The number of H-pyrrole nitrogens is 1. The number of amides is 2. The van der Waals surface area contributed by atoms with Gasteiger partial charge in [0.15, 0.2) is 0 Å². The van der Waals surface area contributed by atoms with Crippen molar-refractivity contribution >= 4 is 28.5 Å². The van der Waals surface area contributed by atoms with Gasteiger partial charge in [0.05, 0.1) is 23.6 Å².